The molecule has 6 nitrogen and oxygen atoms in total. The number of anilines is 1. The van der Waals surface area contributed by atoms with E-state index in [9.17, 15) is 4.79 Å². The molecule has 1 amide bonds. The number of hydrogen-bond donors (Lipinski definition) is 1. The van der Waals surface area contributed by atoms with Crippen molar-refractivity contribution in [2.24, 2.45) is 0 Å². The van der Waals surface area contributed by atoms with Crippen LogP contribution >= 0.6 is 0 Å². The number of amides is 1. The minimum Gasteiger partial charge on any atom is -0.497 e. The topological polar surface area (TPSA) is 66.0 Å². The van der Waals surface area contributed by atoms with Crippen molar-refractivity contribution < 1.29 is 23.7 Å². The Morgan fingerprint density at radius 1 is 0.759 bits per heavy atom. The normalized spacial score (nSPS) is 10.2. The molecule has 1 N–H and O–H groups in total. The Bertz CT molecular complexity index is 991. The van der Waals surface area contributed by atoms with E-state index in [-0.39, 0.29) is 5.91 Å². The zero-order chi connectivity index (χ0) is 20.8. The molecule has 3 aromatic carbocycles. The van der Waals surface area contributed by atoms with Gasteiger partial charge in [-0.25, -0.2) is 0 Å². The molecule has 0 atom stereocenters. The van der Waals surface area contributed by atoms with Crippen LogP contribution in [-0.2, 0) is 0 Å². The molecule has 0 saturated heterocycles. The Balaban J connectivity index is 1.96. The molecule has 0 aliphatic heterocycles. The lowest BCUT2D eigenvalue weighted by Crippen LogP contribution is -2.13. The molecule has 0 aliphatic rings. The van der Waals surface area contributed by atoms with Crippen LogP contribution in [0.3, 0.4) is 0 Å². The van der Waals surface area contributed by atoms with Gasteiger partial charge in [0, 0.05) is 16.8 Å². The van der Waals surface area contributed by atoms with Crippen molar-refractivity contribution in [2.75, 3.05) is 33.8 Å². The number of ether oxygens (including phenoxy) is 4. The summed E-state index contributed by atoms with van der Waals surface area (Å²) in [5, 5.41) is 2.97. The van der Waals surface area contributed by atoms with Gasteiger partial charge in [-0.2, -0.15) is 0 Å². The first-order chi connectivity index (χ1) is 14.1. The summed E-state index contributed by atoms with van der Waals surface area (Å²) in [6.45, 7) is 0. The highest BCUT2D eigenvalue weighted by molar-refractivity contribution is 6.07. The lowest BCUT2D eigenvalue weighted by molar-refractivity contribution is 0.102. The van der Waals surface area contributed by atoms with Crippen molar-refractivity contribution in [2.45, 2.75) is 0 Å². The van der Waals surface area contributed by atoms with Crippen LogP contribution in [0.4, 0.5) is 5.69 Å². The Morgan fingerprint density at radius 2 is 1.45 bits per heavy atom. The van der Waals surface area contributed by atoms with E-state index in [1.54, 1.807) is 19.2 Å². The number of rotatable bonds is 7. The van der Waals surface area contributed by atoms with Crippen LogP contribution in [0.2, 0.25) is 0 Å². The van der Waals surface area contributed by atoms with Crippen LogP contribution in [0.25, 0.3) is 11.1 Å². The summed E-state index contributed by atoms with van der Waals surface area (Å²) in [6.07, 6.45) is 0. The summed E-state index contributed by atoms with van der Waals surface area (Å²) in [5.41, 5.74) is 2.89. The predicted octanol–water partition coefficient (Wildman–Crippen LogP) is 4.64. The largest absolute Gasteiger partial charge is 0.497 e. The van der Waals surface area contributed by atoms with E-state index in [0.29, 0.717) is 28.5 Å². The third-order valence-electron chi connectivity index (χ3n) is 4.48. The van der Waals surface area contributed by atoms with Crippen molar-refractivity contribution in [3.05, 3.63) is 66.2 Å². The van der Waals surface area contributed by atoms with Gasteiger partial charge in [0.1, 0.15) is 5.75 Å². The van der Waals surface area contributed by atoms with Gasteiger partial charge in [0.25, 0.3) is 5.91 Å². The van der Waals surface area contributed by atoms with Crippen molar-refractivity contribution in [3.63, 3.8) is 0 Å². The minimum absolute atomic E-state index is 0.292. The highest BCUT2D eigenvalue weighted by Crippen LogP contribution is 2.38. The van der Waals surface area contributed by atoms with Crippen molar-refractivity contribution in [1.29, 1.82) is 0 Å². The van der Waals surface area contributed by atoms with Gasteiger partial charge < -0.3 is 24.3 Å². The van der Waals surface area contributed by atoms with E-state index in [2.05, 4.69) is 5.32 Å². The zero-order valence-corrected chi connectivity index (χ0v) is 16.8. The number of nitrogens with one attached hydrogen (secondary N) is 1. The first-order valence-electron chi connectivity index (χ1n) is 8.96. The molecular formula is C23H23NO5. The van der Waals surface area contributed by atoms with Crippen LogP contribution in [0.5, 0.6) is 23.0 Å². The van der Waals surface area contributed by atoms with E-state index in [4.69, 9.17) is 18.9 Å². The third kappa shape index (κ3) is 4.27. The molecule has 0 aromatic heterocycles. The molecule has 0 radical (unpaired) electrons. The zero-order valence-electron chi connectivity index (χ0n) is 16.8. The number of methoxy groups -OCH3 is 4. The first-order valence-corrected chi connectivity index (χ1v) is 8.96. The molecule has 0 fully saturated rings. The van der Waals surface area contributed by atoms with Crippen LogP contribution in [-0.4, -0.2) is 34.3 Å². The number of carbonyl (C=O) groups excluding carboxylic acids is 1. The van der Waals surface area contributed by atoms with Gasteiger partial charge in [0.05, 0.1) is 28.4 Å². The molecule has 6 heteroatoms. The van der Waals surface area contributed by atoms with Gasteiger partial charge in [0.2, 0.25) is 5.75 Å². The standard InChI is InChI=1S/C23H23NO5/c1-26-17-9-7-8-15(12-17)18-10-5-6-11-19(18)24-23(25)16-13-20(27-2)22(29-4)21(14-16)28-3/h5-14H,1-4H3,(H,24,25). The van der Waals surface area contributed by atoms with Crippen molar-refractivity contribution in [3.8, 4) is 34.1 Å². The molecule has 3 rings (SSSR count). The van der Waals surface area contributed by atoms with Crippen molar-refractivity contribution >= 4 is 11.6 Å². The number of para-hydroxylation sites is 1. The van der Waals surface area contributed by atoms with E-state index in [0.717, 1.165) is 16.9 Å². The SMILES string of the molecule is COc1cccc(-c2ccccc2NC(=O)c2cc(OC)c(OC)c(OC)c2)c1. The summed E-state index contributed by atoms with van der Waals surface area (Å²) < 4.78 is 21.3. The quantitative estimate of drug-likeness (QED) is 0.633. The van der Waals surface area contributed by atoms with E-state index >= 15 is 0 Å². The highest BCUT2D eigenvalue weighted by Gasteiger charge is 2.18. The molecule has 0 spiro atoms. The fourth-order valence-corrected chi connectivity index (χ4v) is 3.04. The smallest absolute Gasteiger partial charge is 0.255 e. The predicted molar refractivity (Wildman–Crippen MR) is 112 cm³/mol. The molecular weight excluding hydrogens is 370 g/mol. The second-order valence-corrected chi connectivity index (χ2v) is 6.15. The maximum atomic E-state index is 13.0. The van der Waals surface area contributed by atoms with Gasteiger partial charge in [-0.15, -0.1) is 0 Å². The minimum atomic E-state index is -0.292. The van der Waals surface area contributed by atoms with Crippen LogP contribution in [0.15, 0.2) is 60.7 Å². The molecule has 29 heavy (non-hydrogen) atoms. The fraction of sp³-hybridized carbons (Fsp3) is 0.174. The summed E-state index contributed by atoms with van der Waals surface area (Å²) in [7, 11) is 6.16. The molecule has 0 aliphatic carbocycles. The average molecular weight is 393 g/mol. The highest BCUT2D eigenvalue weighted by atomic mass is 16.5. The molecule has 0 unspecified atom stereocenters. The third-order valence-corrected chi connectivity index (χ3v) is 4.48. The monoisotopic (exact) mass is 393 g/mol. The molecule has 0 saturated carbocycles. The van der Waals surface area contributed by atoms with E-state index in [1.807, 2.05) is 48.5 Å². The maximum absolute atomic E-state index is 13.0. The molecule has 0 bridgehead atoms. The lowest BCUT2D eigenvalue weighted by atomic mass is 10.0. The Morgan fingerprint density at radius 3 is 2.07 bits per heavy atom. The van der Waals surface area contributed by atoms with Gasteiger partial charge in [-0.1, -0.05) is 30.3 Å². The maximum Gasteiger partial charge on any atom is 0.255 e. The fourth-order valence-electron chi connectivity index (χ4n) is 3.04. The van der Waals surface area contributed by atoms with Gasteiger partial charge in [0.15, 0.2) is 11.5 Å². The van der Waals surface area contributed by atoms with Gasteiger partial charge in [-0.05, 0) is 35.9 Å². The molecule has 3 aromatic rings. The van der Waals surface area contributed by atoms with Crippen molar-refractivity contribution in [1.82, 2.24) is 0 Å². The summed E-state index contributed by atoms with van der Waals surface area (Å²) >= 11 is 0. The van der Waals surface area contributed by atoms with Gasteiger partial charge >= 0.3 is 0 Å². The van der Waals surface area contributed by atoms with E-state index in [1.165, 1.54) is 21.3 Å². The van der Waals surface area contributed by atoms with Crippen LogP contribution in [0, 0.1) is 0 Å². The van der Waals surface area contributed by atoms with E-state index < -0.39 is 0 Å². The number of benzene rings is 3. The number of hydrogen-bond acceptors (Lipinski definition) is 5. The van der Waals surface area contributed by atoms with Crippen LogP contribution in [0.1, 0.15) is 10.4 Å². The van der Waals surface area contributed by atoms with Gasteiger partial charge in [-0.3, -0.25) is 4.79 Å². The second-order valence-electron chi connectivity index (χ2n) is 6.15. The van der Waals surface area contributed by atoms with Crippen LogP contribution < -0.4 is 24.3 Å². The Kier molecular flexibility index (Phi) is 6.24. The summed E-state index contributed by atoms with van der Waals surface area (Å²) in [6, 6.07) is 18.5. The lowest BCUT2D eigenvalue weighted by Gasteiger charge is -2.15. The average Bonchev–Trinajstić information content (AvgIpc) is 2.78. The number of carbonyl (C=O) groups is 1. The summed E-state index contributed by atoms with van der Waals surface area (Å²) in [4.78, 5) is 13.0. The Labute approximate surface area is 170 Å². The second kappa shape index (κ2) is 9.01. The Hall–Kier alpha value is -3.67. The summed E-state index contributed by atoms with van der Waals surface area (Å²) in [5.74, 6) is 1.72. The molecule has 150 valence electrons. The first kappa shape index (κ1) is 20.1. The molecule has 0 heterocycles.